The Morgan fingerprint density at radius 3 is 2.53 bits per heavy atom. The van der Waals surface area contributed by atoms with Crippen LogP contribution in [0.1, 0.15) is 45.4 Å². The van der Waals surface area contributed by atoms with Crippen LogP contribution in [0, 0.1) is 0 Å². The maximum atomic E-state index is 12.6. The smallest absolute Gasteiger partial charge is 0.242 e. The van der Waals surface area contributed by atoms with Gasteiger partial charge in [-0.1, -0.05) is 13.3 Å². The van der Waals surface area contributed by atoms with E-state index in [0.717, 1.165) is 32.1 Å². The number of hydrogen-bond donors (Lipinski definition) is 1. The minimum absolute atomic E-state index is 0.0331. The Bertz CT molecular complexity index is 443. The maximum absolute atomic E-state index is 12.6. The molecule has 0 spiro atoms. The molecule has 2 fully saturated rings. The molecule has 2 rings (SSSR count). The second-order valence-electron chi connectivity index (χ2n) is 5.92. The Balaban J connectivity index is 2.09. The van der Waals surface area contributed by atoms with Gasteiger partial charge in [-0.15, -0.1) is 0 Å². The summed E-state index contributed by atoms with van der Waals surface area (Å²) in [5.41, 5.74) is 5.39. The lowest BCUT2D eigenvalue weighted by atomic mass is 9.76. The van der Waals surface area contributed by atoms with Crippen LogP contribution in [0.2, 0.25) is 0 Å². The lowest BCUT2D eigenvalue weighted by Gasteiger charge is -2.42. The molecule has 2 N–H and O–H groups in total. The minimum atomic E-state index is -2.97. The Labute approximate surface area is 115 Å². The topological polar surface area (TPSA) is 80.5 Å². The second-order valence-corrected chi connectivity index (χ2v) is 8.15. The number of carbonyl (C=O) groups is 1. The Kier molecular flexibility index (Phi) is 4.20. The molecule has 19 heavy (non-hydrogen) atoms. The van der Waals surface area contributed by atoms with Crippen molar-refractivity contribution in [3.8, 4) is 0 Å². The molecule has 0 aromatic rings. The van der Waals surface area contributed by atoms with Crippen molar-refractivity contribution in [1.82, 2.24) is 4.90 Å². The predicted molar refractivity (Wildman–Crippen MR) is 74.4 cm³/mol. The molecule has 1 heterocycles. The van der Waals surface area contributed by atoms with Crippen molar-refractivity contribution in [2.75, 3.05) is 18.1 Å². The fourth-order valence-corrected chi connectivity index (χ4v) is 4.59. The molecule has 6 heteroatoms. The minimum Gasteiger partial charge on any atom is -0.337 e. The van der Waals surface area contributed by atoms with Crippen molar-refractivity contribution < 1.29 is 13.2 Å². The Morgan fingerprint density at radius 1 is 1.42 bits per heavy atom. The molecule has 1 amide bonds. The largest absolute Gasteiger partial charge is 0.337 e. The molecule has 1 atom stereocenters. The lowest BCUT2D eigenvalue weighted by molar-refractivity contribution is -0.142. The van der Waals surface area contributed by atoms with Crippen LogP contribution in [-0.2, 0) is 14.6 Å². The van der Waals surface area contributed by atoms with Crippen molar-refractivity contribution >= 4 is 15.7 Å². The maximum Gasteiger partial charge on any atom is 0.242 e. The number of nitrogens with two attached hydrogens (primary N) is 1. The van der Waals surface area contributed by atoms with Gasteiger partial charge in [0.15, 0.2) is 9.84 Å². The highest BCUT2D eigenvalue weighted by atomic mass is 32.2. The summed E-state index contributed by atoms with van der Waals surface area (Å²) in [4.78, 5) is 14.3. The number of carbonyl (C=O) groups excluding carboxylic acids is 1. The molecule has 1 aliphatic heterocycles. The van der Waals surface area contributed by atoms with E-state index in [-0.39, 0.29) is 23.5 Å². The van der Waals surface area contributed by atoms with Crippen LogP contribution in [0.15, 0.2) is 0 Å². The quantitative estimate of drug-likeness (QED) is 0.807. The molecule has 0 aromatic carbocycles. The van der Waals surface area contributed by atoms with Gasteiger partial charge in [0.05, 0.1) is 17.0 Å². The van der Waals surface area contributed by atoms with Crippen LogP contribution < -0.4 is 5.73 Å². The summed E-state index contributed by atoms with van der Waals surface area (Å²) in [6.07, 6.45) is 4.90. The first-order valence-electron chi connectivity index (χ1n) is 7.18. The molecule has 1 aliphatic carbocycles. The Morgan fingerprint density at radius 2 is 2.11 bits per heavy atom. The van der Waals surface area contributed by atoms with Crippen LogP contribution in [0.3, 0.4) is 0 Å². The van der Waals surface area contributed by atoms with E-state index < -0.39 is 15.4 Å². The zero-order chi connectivity index (χ0) is 14.1. The second kappa shape index (κ2) is 5.40. The first-order valence-corrected chi connectivity index (χ1v) is 9.00. The standard InChI is InChI=1S/C13H24N2O3S/c1-2-3-8-15(11-5-9-19(17,18)10-11)12(16)13(14)6-4-7-13/h11H,2-10,14H2,1H3. The molecule has 5 nitrogen and oxygen atoms in total. The van der Waals surface area contributed by atoms with E-state index in [2.05, 4.69) is 6.92 Å². The number of rotatable bonds is 5. The van der Waals surface area contributed by atoms with Crippen molar-refractivity contribution in [1.29, 1.82) is 0 Å². The third-order valence-electron chi connectivity index (χ3n) is 4.33. The number of hydrogen-bond acceptors (Lipinski definition) is 4. The number of sulfone groups is 1. The molecular formula is C13H24N2O3S. The van der Waals surface area contributed by atoms with Crippen molar-refractivity contribution in [2.45, 2.75) is 57.0 Å². The van der Waals surface area contributed by atoms with Gasteiger partial charge in [0.2, 0.25) is 5.91 Å². The molecule has 1 saturated heterocycles. The van der Waals surface area contributed by atoms with Gasteiger partial charge in [-0.3, -0.25) is 4.79 Å². The molecule has 0 aromatic heterocycles. The molecule has 110 valence electrons. The monoisotopic (exact) mass is 288 g/mol. The summed E-state index contributed by atoms with van der Waals surface area (Å²) in [5, 5.41) is 0. The van der Waals surface area contributed by atoms with E-state index >= 15 is 0 Å². The highest BCUT2D eigenvalue weighted by molar-refractivity contribution is 7.91. The fraction of sp³-hybridized carbons (Fsp3) is 0.923. The summed E-state index contributed by atoms with van der Waals surface area (Å²) < 4.78 is 23.2. The predicted octanol–water partition coefficient (Wildman–Crippen LogP) is 0.684. The van der Waals surface area contributed by atoms with Crippen LogP contribution >= 0.6 is 0 Å². The number of amides is 1. The summed E-state index contributed by atoms with van der Waals surface area (Å²) >= 11 is 0. The summed E-state index contributed by atoms with van der Waals surface area (Å²) in [6, 6.07) is -0.162. The first kappa shape index (κ1) is 14.8. The zero-order valence-electron chi connectivity index (χ0n) is 11.6. The van der Waals surface area contributed by atoms with Gasteiger partial charge in [-0.2, -0.15) is 0 Å². The third kappa shape index (κ3) is 3.11. The highest BCUT2D eigenvalue weighted by Crippen LogP contribution is 2.32. The van der Waals surface area contributed by atoms with Gasteiger partial charge in [-0.25, -0.2) is 8.42 Å². The third-order valence-corrected chi connectivity index (χ3v) is 6.08. The van der Waals surface area contributed by atoms with Gasteiger partial charge >= 0.3 is 0 Å². The van der Waals surface area contributed by atoms with Gasteiger partial charge in [-0.05, 0) is 32.1 Å². The van der Waals surface area contributed by atoms with Crippen molar-refractivity contribution in [2.24, 2.45) is 5.73 Å². The zero-order valence-corrected chi connectivity index (χ0v) is 12.4. The Hall–Kier alpha value is -0.620. The van der Waals surface area contributed by atoms with E-state index in [1.807, 2.05) is 0 Å². The SMILES string of the molecule is CCCCN(C(=O)C1(N)CCC1)C1CCS(=O)(=O)C1. The average Bonchev–Trinajstić information content (AvgIpc) is 2.67. The van der Waals surface area contributed by atoms with Crippen LogP contribution in [0.5, 0.6) is 0 Å². The van der Waals surface area contributed by atoms with E-state index in [1.54, 1.807) is 4.90 Å². The van der Waals surface area contributed by atoms with Crippen molar-refractivity contribution in [3.05, 3.63) is 0 Å². The molecular weight excluding hydrogens is 264 g/mol. The summed E-state index contributed by atoms with van der Waals surface area (Å²) in [7, 11) is -2.97. The summed E-state index contributed by atoms with van der Waals surface area (Å²) in [6.45, 7) is 2.70. The molecule has 1 saturated carbocycles. The number of unbranched alkanes of at least 4 members (excludes halogenated alkanes) is 1. The van der Waals surface area contributed by atoms with Crippen LogP contribution in [-0.4, -0.2) is 48.9 Å². The van der Waals surface area contributed by atoms with E-state index in [0.29, 0.717) is 13.0 Å². The highest BCUT2D eigenvalue weighted by Gasteiger charge is 2.45. The first-order chi connectivity index (χ1) is 8.88. The van der Waals surface area contributed by atoms with E-state index in [9.17, 15) is 13.2 Å². The van der Waals surface area contributed by atoms with Crippen LogP contribution in [0.4, 0.5) is 0 Å². The van der Waals surface area contributed by atoms with Gasteiger partial charge in [0, 0.05) is 12.6 Å². The van der Waals surface area contributed by atoms with Gasteiger partial charge in [0.1, 0.15) is 0 Å². The normalized spacial score (nSPS) is 27.8. The average molecular weight is 288 g/mol. The molecule has 0 radical (unpaired) electrons. The molecule has 0 bridgehead atoms. The van der Waals surface area contributed by atoms with E-state index in [1.165, 1.54) is 0 Å². The number of nitrogens with zero attached hydrogens (tertiary/aromatic N) is 1. The summed E-state index contributed by atoms with van der Waals surface area (Å²) in [5.74, 6) is 0.276. The van der Waals surface area contributed by atoms with Gasteiger partial charge < -0.3 is 10.6 Å². The lowest BCUT2D eigenvalue weighted by Crippen LogP contribution is -2.61. The van der Waals surface area contributed by atoms with Gasteiger partial charge in [0.25, 0.3) is 0 Å². The molecule has 2 aliphatic rings. The van der Waals surface area contributed by atoms with E-state index in [4.69, 9.17) is 5.73 Å². The molecule has 1 unspecified atom stereocenters. The van der Waals surface area contributed by atoms with Crippen LogP contribution in [0.25, 0.3) is 0 Å². The van der Waals surface area contributed by atoms with Crippen molar-refractivity contribution in [3.63, 3.8) is 0 Å². The fourth-order valence-electron chi connectivity index (χ4n) is 2.86.